The van der Waals surface area contributed by atoms with Gasteiger partial charge >= 0.3 is 6.18 Å². The molecule has 0 unspecified atom stereocenters. The lowest BCUT2D eigenvalue weighted by molar-refractivity contribution is -0.137. The molecule has 21 heavy (non-hydrogen) atoms. The monoisotopic (exact) mass is 303 g/mol. The lowest BCUT2D eigenvalue weighted by Crippen LogP contribution is -2.32. The first-order valence-electron chi connectivity index (χ1n) is 6.96. The van der Waals surface area contributed by atoms with Gasteiger partial charge in [0, 0.05) is 26.2 Å². The third-order valence-electron chi connectivity index (χ3n) is 3.70. The van der Waals surface area contributed by atoms with Gasteiger partial charge in [0.25, 0.3) is 0 Å². The van der Waals surface area contributed by atoms with Gasteiger partial charge in [-0.1, -0.05) is 0 Å². The maximum absolute atomic E-state index is 12.6. The van der Waals surface area contributed by atoms with Crippen molar-refractivity contribution in [2.75, 3.05) is 50.0 Å². The molecule has 4 nitrogen and oxygen atoms in total. The van der Waals surface area contributed by atoms with E-state index >= 15 is 0 Å². The first kappa shape index (κ1) is 15.9. The second-order valence-electron chi connectivity index (χ2n) is 5.18. The Morgan fingerprint density at radius 3 is 2.52 bits per heavy atom. The Morgan fingerprint density at radius 1 is 1.14 bits per heavy atom. The average molecular weight is 303 g/mol. The second kappa shape index (κ2) is 6.53. The molecule has 1 saturated heterocycles. The molecule has 1 aromatic rings. The summed E-state index contributed by atoms with van der Waals surface area (Å²) < 4.78 is 37.9. The Kier molecular flexibility index (Phi) is 4.95. The number of nitrogen functional groups attached to an aromatic ring is 1. The predicted octanol–water partition coefficient (Wildman–Crippen LogP) is 1.79. The fraction of sp³-hybridized carbons (Fsp3) is 0.571. The number of benzene rings is 1. The molecule has 2 rings (SSSR count). The standard InChI is InChI=1S/C14H20F3N3O/c15-14(16,17)11-2-3-13(12(18)10-11)20-5-1-4-19(6-7-20)8-9-21/h2-3,10,21H,1,4-9,18H2. The van der Waals surface area contributed by atoms with E-state index in [0.29, 0.717) is 18.8 Å². The third-order valence-corrected chi connectivity index (χ3v) is 3.70. The molecule has 1 fully saturated rings. The van der Waals surface area contributed by atoms with Crippen LogP contribution in [0.1, 0.15) is 12.0 Å². The number of halogens is 3. The van der Waals surface area contributed by atoms with E-state index < -0.39 is 11.7 Å². The van der Waals surface area contributed by atoms with Crippen LogP contribution in [0.2, 0.25) is 0 Å². The van der Waals surface area contributed by atoms with Crippen LogP contribution in [-0.4, -0.2) is 49.3 Å². The van der Waals surface area contributed by atoms with Gasteiger partial charge in [-0.3, -0.25) is 4.90 Å². The summed E-state index contributed by atoms with van der Waals surface area (Å²) in [5.74, 6) is 0. The van der Waals surface area contributed by atoms with Crippen LogP contribution >= 0.6 is 0 Å². The topological polar surface area (TPSA) is 52.7 Å². The summed E-state index contributed by atoms with van der Waals surface area (Å²) in [4.78, 5) is 4.15. The molecule has 1 aliphatic heterocycles. The van der Waals surface area contributed by atoms with Gasteiger partial charge in [-0.2, -0.15) is 13.2 Å². The SMILES string of the molecule is Nc1cc(C(F)(F)F)ccc1N1CCCN(CCO)CC1. The minimum atomic E-state index is -4.37. The molecule has 1 aliphatic rings. The lowest BCUT2D eigenvalue weighted by Gasteiger charge is -2.25. The quantitative estimate of drug-likeness (QED) is 0.836. The molecule has 0 amide bonds. The highest BCUT2D eigenvalue weighted by Crippen LogP contribution is 2.34. The first-order valence-corrected chi connectivity index (χ1v) is 6.96. The molecule has 0 saturated carbocycles. The van der Waals surface area contributed by atoms with Crippen LogP contribution in [0.15, 0.2) is 18.2 Å². The number of nitrogens with two attached hydrogens (primary N) is 1. The Balaban J connectivity index is 2.11. The van der Waals surface area contributed by atoms with Gasteiger partial charge in [-0.05, 0) is 31.2 Å². The van der Waals surface area contributed by atoms with Crippen molar-refractivity contribution in [3.8, 4) is 0 Å². The van der Waals surface area contributed by atoms with Gasteiger partial charge < -0.3 is 15.7 Å². The molecule has 0 bridgehead atoms. The van der Waals surface area contributed by atoms with Crippen LogP contribution in [0, 0.1) is 0 Å². The fourth-order valence-corrected chi connectivity index (χ4v) is 2.60. The van der Waals surface area contributed by atoms with Gasteiger partial charge in [0.05, 0.1) is 23.5 Å². The van der Waals surface area contributed by atoms with Crippen LogP contribution in [0.3, 0.4) is 0 Å². The maximum atomic E-state index is 12.6. The van der Waals surface area contributed by atoms with Crippen LogP contribution < -0.4 is 10.6 Å². The number of aliphatic hydroxyl groups is 1. The van der Waals surface area contributed by atoms with E-state index in [-0.39, 0.29) is 12.3 Å². The molecule has 1 heterocycles. The smallest absolute Gasteiger partial charge is 0.397 e. The number of hydrogen-bond donors (Lipinski definition) is 2. The zero-order valence-electron chi connectivity index (χ0n) is 11.7. The highest BCUT2D eigenvalue weighted by molar-refractivity contribution is 5.68. The van der Waals surface area contributed by atoms with E-state index in [2.05, 4.69) is 4.90 Å². The minimum absolute atomic E-state index is 0.114. The molecule has 118 valence electrons. The van der Waals surface area contributed by atoms with Crippen molar-refractivity contribution in [3.63, 3.8) is 0 Å². The second-order valence-corrected chi connectivity index (χ2v) is 5.18. The van der Waals surface area contributed by atoms with E-state index in [1.165, 1.54) is 6.07 Å². The largest absolute Gasteiger partial charge is 0.416 e. The Hall–Kier alpha value is -1.47. The van der Waals surface area contributed by atoms with Gasteiger partial charge in [-0.25, -0.2) is 0 Å². The summed E-state index contributed by atoms with van der Waals surface area (Å²) in [5, 5.41) is 8.96. The minimum Gasteiger partial charge on any atom is -0.397 e. The number of anilines is 2. The van der Waals surface area contributed by atoms with Crippen molar-refractivity contribution in [2.45, 2.75) is 12.6 Å². The molecule has 0 aromatic heterocycles. The van der Waals surface area contributed by atoms with Gasteiger partial charge in [0.1, 0.15) is 0 Å². The first-order chi connectivity index (χ1) is 9.91. The molecule has 1 aromatic carbocycles. The molecule has 0 radical (unpaired) electrons. The number of alkyl halides is 3. The maximum Gasteiger partial charge on any atom is 0.416 e. The average Bonchev–Trinajstić information content (AvgIpc) is 2.64. The van der Waals surface area contributed by atoms with Crippen molar-refractivity contribution in [3.05, 3.63) is 23.8 Å². The van der Waals surface area contributed by atoms with E-state index in [9.17, 15) is 13.2 Å². The number of rotatable bonds is 3. The summed E-state index contributed by atoms with van der Waals surface area (Å²) >= 11 is 0. The van der Waals surface area contributed by atoms with Crippen molar-refractivity contribution in [2.24, 2.45) is 0 Å². The van der Waals surface area contributed by atoms with Crippen molar-refractivity contribution in [1.29, 1.82) is 0 Å². The highest BCUT2D eigenvalue weighted by atomic mass is 19.4. The van der Waals surface area contributed by atoms with E-state index in [1.807, 2.05) is 4.90 Å². The van der Waals surface area contributed by atoms with Crippen LogP contribution in [0.25, 0.3) is 0 Å². The predicted molar refractivity (Wildman–Crippen MR) is 76.2 cm³/mol. The molecule has 7 heteroatoms. The Bertz CT molecular complexity index is 479. The molecular formula is C14H20F3N3O. The summed E-state index contributed by atoms with van der Waals surface area (Å²) in [7, 11) is 0. The van der Waals surface area contributed by atoms with E-state index in [0.717, 1.165) is 38.2 Å². The zero-order chi connectivity index (χ0) is 15.5. The zero-order valence-corrected chi connectivity index (χ0v) is 11.7. The summed E-state index contributed by atoms with van der Waals surface area (Å²) in [6.45, 7) is 3.81. The van der Waals surface area contributed by atoms with Crippen molar-refractivity contribution in [1.82, 2.24) is 4.90 Å². The van der Waals surface area contributed by atoms with Crippen molar-refractivity contribution >= 4 is 11.4 Å². The van der Waals surface area contributed by atoms with Gasteiger partial charge in [0.15, 0.2) is 0 Å². The summed E-state index contributed by atoms with van der Waals surface area (Å²) in [6.07, 6.45) is -3.48. The lowest BCUT2D eigenvalue weighted by atomic mass is 10.1. The van der Waals surface area contributed by atoms with E-state index in [4.69, 9.17) is 10.8 Å². The molecule has 0 aliphatic carbocycles. The number of nitrogens with zero attached hydrogens (tertiary/aromatic N) is 2. The number of aliphatic hydroxyl groups excluding tert-OH is 1. The Labute approximate surface area is 121 Å². The molecule has 0 atom stereocenters. The highest BCUT2D eigenvalue weighted by Gasteiger charge is 2.31. The summed E-state index contributed by atoms with van der Waals surface area (Å²) in [6, 6.07) is 3.51. The van der Waals surface area contributed by atoms with Crippen LogP contribution in [0.5, 0.6) is 0 Å². The van der Waals surface area contributed by atoms with Gasteiger partial charge in [-0.15, -0.1) is 0 Å². The van der Waals surface area contributed by atoms with Gasteiger partial charge in [0.2, 0.25) is 0 Å². The normalized spacial score (nSPS) is 17.8. The number of β-amino-alcohol motifs (C(OH)–C–C–N with tert-alkyl or cyclic N) is 1. The van der Waals surface area contributed by atoms with E-state index in [1.54, 1.807) is 0 Å². The third kappa shape index (κ3) is 4.01. The van der Waals surface area contributed by atoms with Crippen LogP contribution in [0.4, 0.5) is 24.5 Å². The van der Waals surface area contributed by atoms with Crippen molar-refractivity contribution < 1.29 is 18.3 Å². The summed E-state index contributed by atoms with van der Waals surface area (Å²) in [5.41, 5.74) is 5.88. The fourth-order valence-electron chi connectivity index (χ4n) is 2.60. The number of hydrogen-bond acceptors (Lipinski definition) is 4. The molecule has 0 spiro atoms. The Morgan fingerprint density at radius 2 is 1.90 bits per heavy atom. The molecule has 3 N–H and O–H groups in total. The van der Waals surface area contributed by atoms with Crippen LogP contribution in [-0.2, 0) is 6.18 Å². The molecular weight excluding hydrogens is 283 g/mol.